The van der Waals surface area contributed by atoms with Gasteiger partial charge < -0.3 is 9.64 Å². The number of amides is 1. The summed E-state index contributed by atoms with van der Waals surface area (Å²) in [7, 11) is 1.61. The number of carbonyl (C=O) groups excluding carboxylic acids is 1. The summed E-state index contributed by atoms with van der Waals surface area (Å²) in [4.78, 5) is 19.6. The second-order valence-corrected chi connectivity index (χ2v) is 7.93. The molecule has 1 saturated heterocycles. The molecule has 2 atom stereocenters. The number of fused-ring (bicyclic) bond motifs is 1. The van der Waals surface area contributed by atoms with E-state index >= 15 is 0 Å². The van der Waals surface area contributed by atoms with Gasteiger partial charge >= 0.3 is 0 Å². The van der Waals surface area contributed by atoms with Crippen molar-refractivity contribution in [2.45, 2.75) is 19.8 Å². The van der Waals surface area contributed by atoms with Crippen LogP contribution in [0.15, 0.2) is 42.9 Å². The number of nitriles is 1. The number of pyridine rings is 1. The third kappa shape index (κ3) is 2.52. The molecule has 5 rings (SSSR count). The van der Waals surface area contributed by atoms with E-state index in [0.717, 1.165) is 35.3 Å². The molecule has 1 saturated carbocycles. The van der Waals surface area contributed by atoms with E-state index in [-0.39, 0.29) is 17.7 Å². The normalized spacial score (nSPS) is 24.1. The van der Waals surface area contributed by atoms with Crippen LogP contribution in [0.1, 0.15) is 19.8 Å². The fraction of sp³-hybridized carbons (Fsp3) is 0.364. The van der Waals surface area contributed by atoms with E-state index in [1.807, 2.05) is 37.4 Å². The molecule has 0 N–H and O–H groups in total. The summed E-state index contributed by atoms with van der Waals surface area (Å²) >= 11 is 0. The Labute approximate surface area is 168 Å². The summed E-state index contributed by atoms with van der Waals surface area (Å²) in [6.45, 7) is 2.56. The number of nitrogens with zero attached hydrogens (tertiary/aromatic N) is 5. The first kappa shape index (κ1) is 17.7. The van der Waals surface area contributed by atoms with Crippen molar-refractivity contribution in [3.63, 3.8) is 0 Å². The van der Waals surface area contributed by atoms with Gasteiger partial charge in [-0.05, 0) is 43.0 Å². The van der Waals surface area contributed by atoms with Crippen LogP contribution in [0.2, 0.25) is 0 Å². The Morgan fingerprint density at radius 1 is 1.31 bits per heavy atom. The third-order valence-electron chi connectivity index (χ3n) is 6.28. The average Bonchev–Trinajstić information content (AvgIpc) is 3.44. The number of ether oxygens (including phenoxy) is 1. The van der Waals surface area contributed by atoms with Crippen molar-refractivity contribution in [3.05, 3.63) is 42.9 Å². The minimum atomic E-state index is -0.896. The van der Waals surface area contributed by atoms with E-state index in [0.29, 0.717) is 12.3 Å². The first-order valence-corrected chi connectivity index (χ1v) is 9.79. The quantitative estimate of drug-likeness (QED) is 0.686. The molecule has 0 aromatic carbocycles. The summed E-state index contributed by atoms with van der Waals surface area (Å²) in [6.07, 6.45) is 7.18. The van der Waals surface area contributed by atoms with Gasteiger partial charge in [0.05, 0.1) is 36.3 Å². The smallest absolute Gasteiger partial charge is 0.248 e. The molecule has 1 amide bonds. The molecule has 29 heavy (non-hydrogen) atoms. The molecule has 0 radical (unpaired) electrons. The van der Waals surface area contributed by atoms with E-state index in [1.54, 1.807) is 28.9 Å². The molecular formula is C22H21N5O2. The lowest BCUT2D eigenvalue weighted by molar-refractivity contribution is -0.124. The molecular weight excluding hydrogens is 366 g/mol. The molecule has 146 valence electrons. The van der Waals surface area contributed by atoms with Crippen LogP contribution in [-0.2, 0) is 4.79 Å². The molecule has 1 aliphatic heterocycles. The van der Waals surface area contributed by atoms with Gasteiger partial charge in [0.15, 0.2) is 0 Å². The number of hydrogen-bond acceptors (Lipinski definition) is 5. The standard InChI is InChI=1S/C22H21N5O2/c1-14-11-26(21(28)22(14,13-23)16-3-4-16)19-7-8-25-27-12-15(9-20(19)27)18-6-5-17(29-2)10-24-18/h5-10,12,14,16H,3-4,11H2,1-2H3/t14-,22+/m1/s1. The number of rotatable bonds is 4. The number of aromatic nitrogens is 3. The third-order valence-corrected chi connectivity index (χ3v) is 6.28. The topological polar surface area (TPSA) is 83.5 Å². The Bertz CT molecular complexity index is 1140. The van der Waals surface area contributed by atoms with Crippen molar-refractivity contribution in [1.82, 2.24) is 14.6 Å². The minimum Gasteiger partial charge on any atom is -0.495 e. The molecule has 2 fully saturated rings. The fourth-order valence-corrected chi connectivity index (χ4v) is 4.55. The first-order valence-electron chi connectivity index (χ1n) is 9.79. The zero-order valence-electron chi connectivity index (χ0n) is 16.4. The van der Waals surface area contributed by atoms with Crippen molar-refractivity contribution >= 4 is 17.1 Å². The van der Waals surface area contributed by atoms with Crippen molar-refractivity contribution in [1.29, 1.82) is 5.26 Å². The molecule has 7 heteroatoms. The van der Waals surface area contributed by atoms with Gasteiger partial charge in [-0.3, -0.25) is 9.78 Å². The van der Waals surface area contributed by atoms with E-state index in [4.69, 9.17) is 4.74 Å². The summed E-state index contributed by atoms with van der Waals surface area (Å²) in [6, 6.07) is 9.99. The molecule has 7 nitrogen and oxygen atoms in total. The Hall–Kier alpha value is -3.40. The molecule has 0 spiro atoms. The van der Waals surface area contributed by atoms with Crippen LogP contribution < -0.4 is 9.64 Å². The van der Waals surface area contributed by atoms with Gasteiger partial charge in [-0.25, -0.2) is 4.52 Å². The number of anilines is 1. The number of methoxy groups -OCH3 is 1. The van der Waals surface area contributed by atoms with Crippen molar-refractivity contribution in [2.24, 2.45) is 17.3 Å². The zero-order chi connectivity index (χ0) is 20.2. The highest BCUT2D eigenvalue weighted by atomic mass is 16.5. The zero-order valence-corrected chi connectivity index (χ0v) is 16.4. The summed E-state index contributed by atoms with van der Waals surface area (Å²) in [5, 5.41) is 14.3. The fourth-order valence-electron chi connectivity index (χ4n) is 4.55. The van der Waals surface area contributed by atoms with Gasteiger partial charge in [0, 0.05) is 30.4 Å². The Morgan fingerprint density at radius 2 is 2.14 bits per heavy atom. The van der Waals surface area contributed by atoms with Gasteiger partial charge in [-0.15, -0.1) is 0 Å². The highest BCUT2D eigenvalue weighted by molar-refractivity contribution is 6.05. The predicted octanol–water partition coefficient (Wildman–Crippen LogP) is 3.31. The lowest BCUT2D eigenvalue weighted by atomic mass is 9.75. The second-order valence-electron chi connectivity index (χ2n) is 7.93. The largest absolute Gasteiger partial charge is 0.495 e. The maximum absolute atomic E-state index is 13.4. The number of carbonyl (C=O) groups is 1. The van der Waals surface area contributed by atoms with Crippen LogP contribution in [0.5, 0.6) is 5.75 Å². The van der Waals surface area contributed by atoms with Crippen molar-refractivity contribution in [2.75, 3.05) is 18.6 Å². The van der Waals surface area contributed by atoms with E-state index < -0.39 is 5.41 Å². The minimum absolute atomic E-state index is 0.00148. The predicted molar refractivity (Wildman–Crippen MR) is 107 cm³/mol. The maximum Gasteiger partial charge on any atom is 0.248 e. The van der Waals surface area contributed by atoms with Gasteiger partial charge in [0.1, 0.15) is 11.2 Å². The molecule has 0 bridgehead atoms. The van der Waals surface area contributed by atoms with Crippen LogP contribution >= 0.6 is 0 Å². The van der Waals surface area contributed by atoms with Crippen LogP contribution in [0.25, 0.3) is 16.8 Å². The van der Waals surface area contributed by atoms with Gasteiger partial charge in [0.25, 0.3) is 0 Å². The molecule has 1 aliphatic carbocycles. The van der Waals surface area contributed by atoms with Crippen LogP contribution in [0.4, 0.5) is 5.69 Å². The van der Waals surface area contributed by atoms with Crippen LogP contribution in [-0.4, -0.2) is 34.2 Å². The van der Waals surface area contributed by atoms with E-state index in [2.05, 4.69) is 16.2 Å². The summed E-state index contributed by atoms with van der Waals surface area (Å²) in [5.74, 6) is 0.802. The Balaban J connectivity index is 1.57. The summed E-state index contributed by atoms with van der Waals surface area (Å²) < 4.78 is 6.94. The van der Waals surface area contributed by atoms with Crippen LogP contribution in [0, 0.1) is 28.6 Å². The van der Waals surface area contributed by atoms with Gasteiger partial charge in [-0.1, -0.05) is 6.92 Å². The van der Waals surface area contributed by atoms with Gasteiger partial charge in [0.2, 0.25) is 5.91 Å². The van der Waals surface area contributed by atoms with Crippen molar-refractivity contribution < 1.29 is 9.53 Å². The lowest BCUT2D eigenvalue weighted by Gasteiger charge is -2.23. The molecule has 3 aromatic heterocycles. The van der Waals surface area contributed by atoms with Gasteiger partial charge in [-0.2, -0.15) is 10.4 Å². The van der Waals surface area contributed by atoms with E-state index in [9.17, 15) is 10.1 Å². The SMILES string of the molecule is COc1ccc(-c2cc3c(N4C[C@@H](C)[C@@](C#N)(C5CC5)C4=O)ccnn3c2)nc1. The molecule has 4 heterocycles. The lowest BCUT2D eigenvalue weighted by Crippen LogP contribution is -2.37. The highest BCUT2D eigenvalue weighted by Crippen LogP contribution is 2.54. The molecule has 2 aliphatic rings. The summed E-state index contributed by atoms with van der Waals surface area (Å²) in [5.41, 5.74) is 2.42. The molecule has 0 unspecified atom stereocenters. The molecule has 3 aromatic rings. The van der Waals surface area contributed by atoms with Crippen LogP contribution in [0.3, 0.4) is 0 Å². The average molecular weight is 387 g/mol. The highest BCUT2D eigenvalue weighted by Gasteiger charge is 2.61. The monoisotopic (exact) mass is 387 g/mol. The Morgan fingerprint density at radius 3 is 2.79 bits per heavy atom. The second kappa shape index (κ2) is 6.31. The maximum atomic E-state index is 13.4. The van der Waals surface area contributed by atoms with E-state index in [1.165, 1.54) is 0 Å². The van der Waals surface area contributed by atoms with Crippen molar-refractivity contribution in [3.8, 4) is 23.1 Å². The Kier molecular flexibility index (Phi) is 3.85. The number of hydrogen-bond donors (Lipinski definition) is 0. The first-order chi connectivity index (χ1) is 14.1.